The van der Waals surface area contributed by atoms with Gasteiger partial charge in [-0.05, 0) is 30.7 Å². The molecular weight excluding hydrogens is 372 g/mol. The van der Waals surface area contributed by atoms with E-state index in [0.29, 0.717) is 30.3 Å². The number of nitrogens with zero attached hydrogens (tertiary/aromatic N) is 1. The fourth-order valence-corrected chi connectivity index (χ4v) is 3.35. The number of hydrogen-bond acceptors (Lipinski definition) is 4. The van der Waals surface area contributed by atoms with E-state index < -0.39 is 6.03 Å². The molecule has 1 aliphatic heterocycles. The summed E-state index contributed by atoms with van der Waals surface area (Å²) in [5, 5.41) is 3.60. The van der Waals surface area contributed by atoms with Crippen LogP contribution in [0.1, 0.15) is 28.9 Å². The predicted molar refractivity (Wildman–Crippen MR) is 108 cm³/mol. The molecule has 0 saturated heterocycles. The zero-order valence-corrected chi connectivity index (χ0v) is 16.2. The van der Waals surface area contributed by atoms with Crippen molar-refractivity contribution in [1.29, 1.82) is 0 Å². The van der Waals surface area contributed by atoms with Gasteiger partial charge in [-0.15, -0.1) is 0 Å². The molecular formula is C21H22N4O4. The number of para-hydroxylation sites is 1. The Hall–Kier alpha value is -3.68. The zero-order chi connectivity index (χ0) is 20.4. The number of amides is 3. The highest BCUT2D eigenvalue weighted by molar-refractivity contribution is 6.07. The molecule has 0 bridgehead atoms. The van der Waals surface area contributed by atoms with Crippen LogP contribution in [0.3, 0.4) is 0 Å². The molecule has 2 heterocycles. The third-order valence-corrected chi connectivity index (χ3v) is 4.84. The highest BCUT2D eigenvalue weighted by Crippen LogP contribution is 2.32. The number of carbonyl (C=O) groups excluding carboxylic acids is 2. The van der Waals surface area contributed by atoms with Gasteiger partial charge in [-0.3, -0.25) is 10.2 Å². The fourth-order valence-electron chi connectivity index (χ4n) is 3.35. The number of hydrazine groups is 1. The fraction of sp³-hybridized carbons (Fsp3) is 0.238. The van der Waals surface area contributed by atoms with E-state index in [9.17, 15) is 9.59 Å². The van der Waals surface area contributed by atoms with Gasteiger partial charge in [0.25, 0.3) is 5.91 Å². The molecule has 8 nitrogen and oxygen atoms in total. The van der Waals surface area contributed by atoms with E-state index >= 15 is 0 Å². The van der Waals surface area contributed by atoms with E-state index in [0.717, 1.165) is 16.5 Å². The van der Waals surface area contributed by atoms with Crippen molar-refractivity contribution in [1.82, 2.24) is 20.7 Å². The second kappa shape index (κ2) is 7.75. The first kappa shape index (κ1) is 18.7. The molecule has 0 aliphatic carbocycles. The highest BCUT2D eigenvalue weighted by Gasteiger charge is 2.17. The van der Waals surface area contributed by atoms with Gasteiger partial charge in [0.05, 0.1) is 11.6 Å². The number of aromatic nitrogens is 1. The van der Waals surface area contributed by atoms with Gasteiger partial charge in [0.1, 0.15) is 13.2 Å². The molecule has 0 fully saturated rings. The van der Waals surface area contributed by atoms with Gasteiger partial charge in [-0.2, -0.15) is 0 Å². The summed E-state index contributed by atoms with van der Waals surface area (Å²) in [5.41, 5.74) is 7.15. The number of rotatable bonds is 3. The summed E-state index contributed by atoms with van der Waals surface area (Å²) in [5.74, 6) is 0.968. The van der Waals surface area contributed by atoms with Crippen LogP contribution in [0.15, 0.2) is 48.7 Å². The third-order valence-electron chi connectivity index (χ3n) is 4.84. The van der Waals surface area contributed by atoms with Crippen LogP contribution in [0, 0.1) is 0 Å². The Balaban J connectivity index is 1.36. The first-order valence-corrected chi connectivity index (χ1v) is 9.33. The van der Waals surface area contributed by atoms with Crippen molar-refractivity contribution in [2.24, 2.45) is 7.05 Å². The lowest BCUT2D eigenvalue weighted by molar-refractivity contribution is 0.0937. The van der Waals surface area contributed by atoms with Crippen molar-refractivity contribution >= 4 is 22.8 Å². The number of ether oxygens (including phenoxy) is 2. The lowest BCUT2D eigenvalue weighted by atomic mass is 10.1. The van der Waals surface area contributed by atoms with Crippen molar-refractivity contribution in [3.63, 3.8) is 0 Å². The SMILES string of the molecule is CC(NC(=O)NNC(=O)c1cn(C)c2ccccc12)c1ccc2c(c1)OCCO2. The van der Waals surface area contributed by atoms with E-state index in [-0.39, 0.29) is 11.9 Å². The second-order valence-corrected chi connectivity index (χ2v) is 6.85. The molecule has 3 amide bonds. The van der Waals surface area contributed by atoms with Crippen LogP contribution < -0.4 is 25.6 Å². The molecule has 1 aliphatic rings. The molecule has 29 heavy (non-hydrogen) atoms. The Kier molecular flexibility index (Phi) is 4.99. The van der Waals surface area contributed by atoms with E-state index in [1.807, 2.05) is 61.0 Å². The van der Waals surface area contributed by atoms with E-state index in [1.165, 1.54) is 0 Å². The van der Waals surface area contributed by atoms with Gasteiger partial charge in [0, 0.05) is 24.1 Å². The average Bonchev–Trinajstić information content (AvgIpc) is 3.08. The third kappa shape index (κ3) is 3.82. The van der Waals surface area contributed by atoms with Gasteiger partial charge in [-0.1, -0.05) is 24.3 Å². The van der Waals surface area contributed by atoms with E-state index in [2.05, 4.69) is 16.2 Å². The topological polar surface area (TPSA) is 93.6 Å². The molecule has 1 unspecified atom stereocenters. The van der Waals surface area contributed by atoms with Crippen LogP contribution in [-0.4, -0.2) is 29.7 Å². The van der Waals surface area contributed by atoms with Crippen molar-refractivity contribution in [3.05, 3.63) is 59.8 Å². The normalized spacial score (nSPS) is 13.6. The van der Waals surface area contributed by atoms with Crippen LogP contribution in [0.25, 0.3) is 10.9 Å². The number of carbonyl (C=O) groups is 2. The molecule has 0 radical (unpaired) electrons. The lowest BCUT2D eigenvalue weighted by Crippen LogP contribution is -2.47. The molecule has 150 valence electrons. The van der Waals surface area contributed by atoms with Crippen LogP contribution >= 0.6 is 0 Å². The van der Waals surface area contributed by atoms with E-state index in [4.69, 9.17) is 9.47 Å². The Bertz CT molecular complexity index is 1080. The molecule has 2 aromatic carbocycles. The van der Waals surface area contributed by atoms with Crippen LogP contribution in [0.2, 0.25) is 0 Å². The van der Waals surface area contributed by atoms with Crippen molar-refractivity contribution < 1.29 is 19.1 Å². The zero-order valence-electron chi connectivity index (χ0n) is 16.2. The minimum Gasteiger partial charge on any atom is -0.486 e. The maximum absolute atomic E-state index is 12.5. The highest BCUT2D eigenvalue weighted by atomic mass is 16.6. The Morgan fingerprint density at radius 3 is 2.62 bits per heavy atom. The first-order valence-electron chi connectivity index (χ1n) is 9.33. The van der Waals surface area contributed by atoms with Gasteiger partial charge in [0.2, 0.25) is 0 Å². The molecule has 1 aromatic heterocycles. The Labute approximate surface area is 167 Å². The number of hydrogen-bond donors (Lipinski definition) is 3. The van der Waals surface area contributed by atoms with E-state index in [1.54, 1.807) is 6.20 Å². The van der Waals surface area contributed by atoms with Gasteiger partial charge >= 0.3 is 6.03 Å². The number of urea groups is 1. The molecule has 0 saturated carbocycles. The second-order valence-electron chi connectivity index (χ2n) is 6.85. The molecule has 0 spiro atoms. The van der Waals surface area contributed by atoms with Crippen LogP contribution in [0.4, 0.5) is 4.79 Å². The largest absolute Gasteiger partial charge is 0.486 e. The quantitative estimate of drug-likeness (QED) is 0.596. The maximum atomic E-state index is 12.5. The molecule has 4 rings (SSSR count). The monoisotopic (exact) mass is 394 g/mol. The summed E-state index contributed by atoms with van der Waals surface area (Å²) in [6.45, 7) is 2.87. The summed E-state index contributed by atoms with van der Waals surface area (Å²) in [6, 6.07) is 12.3. The Morgan fingerprint density at radius 2 is 1.79 bits per heavy atom. The molecule has 3 N–H and O–H groups in total. The summed E-state index contributed by atoms with van der Waals surface area (Å²) >= 11 is 0. The summed E-state index contributed by atoms with van der Waals surface area (Å²) in [4.78, 5) is 24.7. The number of nitrogens with one attached hydrogen (secondary N) is 3. The number of aryl methyl sites for hydroxylation is 1. The average molecular weight is 394 g/mol. The minimum atomic E-state index is -0.513. The summed E-state index contributed by atoms with van der Waals surface area (Å²) in [7, 11) is 1.87. The maximum Gasteiger partial charge on any atom is 0.333 e. The van der Waals surface area contributed by atoms with Crippen molar-refractivity contribution in [2.45, 2.75) is 13.0 Å². The van der Waals surface area contributed by atoms with Crippen LogP contribution in [-0.2, 0) is 7.05 Å². The van der Waals surface area contributed by atoms with Gasteiger partial charge in [0.15, 0.2) is 11.5 Å². The smallest absolute Gasteiger partial charge is 0.333 e. The first-order chi connectivity index (χ1) is 14.0. The molecule has 3 aromatic rings. The van der Waals surface area contributed by atoms with Gasteiger partial charge in [-0.25, -0.2) is 10.2 Å². The predicted octanol–water partition coefficient (Wildman–Crippen LogP) is 2.65. The van der Waals surface area contributed by atoms with Crippen LogP contribution in [0.5, 0.6) is 11.5 Å². The molecule has 1 atom stereocenters. The van der Waals surface area contributed by atoms with Crippen molar-refractivity contribution in [2.75, 3.05) is 13.2 Å². The lowest BCUT2D eigenvalue weighted by Gasteiger charge is -2.21. The van der Waals surface area contributed by atoms with Gasteiger partial charge < -0.3 is 19.4 Å². The number of benzene rings is 2. The number of fused-ring (bicyclic) bond motifs is 2. The minimum absolute atomic E-state index is 0.291. The van der Waals surface area contributed by atoms with Crippen molar-refractivity contribution in [3.8, 4) is 11.5 Å². The summed E-state index contributed by atoms with van der Waals surface area (Å²) in [6.07, 6.45) is 1.73. The standard InChI is InChI=1S/C21H22N4O4/c1-13(14-7-8-18-19(11-14)29-10-9-28-18)22-21(27)24-23-20(26)16-12-25(2)17-6-4-3-5-15(16)17/h3-8,11-13H,9-10H2,1-2H3,(H,23,26)(H2,22,24,27). The Morgan fingerprint density at radius 1 is 1.03 bits per heavy atom. The summed E-state index contributed by atoms with van der Waals surface area (Å²) < 4.78 is 12.9. The molecule has 8 heteroatoms.